The van der Waals surface area contributed by atoms with Crippen LogP contribution < -0.4 is 0 Å². The van der Waals surface area contributed by atoms with E-state index in [9.17, 15) is 18.3 Å². The van der Waals surface area contributed by atoms with Crippen LogP contribution in [0, 0.1) is 6.92 Å². The summed E-state index contributed by atoms with van der Waals surface area (Å²) in [6, 6.07) is 7.51. The maximum atomic E-state index is 12.6. The number of amides is 1. The summed E-state index contributed by atoms with van der Waals surface area (Å²) >= 11 is 6.16. The van der Waals surface area contributed by atoms with Crippen molar-refractivity contribution < 1.29 is 18.3 Å². The number of hydrogen-bond donors (Lipinski definition) is 1. The number of carboxylic acid groups (broad SMARTS) is 1. The molecule has 8 nitrogen and oxygen atoms in total. The largest absolute Gasteiger partial charge is 0.464 e. The zero-order valence-electron chi connectivity index (χ0n) is 16.5. The summed E-state index contributed by atoms with van der Waals surface area (Å²) < 4.78 is 29.3. The van der Waals surface area contributed by atoms with Gasteiger partial charge in [0.15, 0.2) is 0 Å². The van der Waals surface area contributed by atoms with Crippen molar-refractivity contribution in [2.75, 3.05) is 12.3 Å². The number of aryl methyl sites for hydroxylation is 2. The minimum Gasteiger partial charge on any atom is -0.464 e. The highest BCUT2D eigenvalue weighted by molar-refractivity contribution is 7.89. The number of aromatic nitrogens is 3. The molecule has 29 heavy (non-hydrogen) atoms. The van der Waals surface area contributed by atoms with E-state index >= 15 is 0 Å². The van der Waals surface area contributed by atoms with Crippen molar-refractivity contribution in [3.8, 4) is 5.82 Å². The van der Waals surface area contributed by atoms with Crippen molar-refractivity contribution in [1.82, 2.24) is 18.7 Å². The summed E-state index contributed by atoms with van der Waals surface area (Å²) in [7, 11) is -2.17. The van der Waals surface area contributed by atoms with Crippen molar-refractivity contribution in [2.45, 2.75) is 26.7 Å². The third-order valence-electron chi connectivity index (χ3n) is 4.78. The van der Waals surface area contributed by atoms with Crippen LogP contribution in [0.2, 0.25) is 5.02 Å². The fraction of sp³-hybridized carbons (Fsp3) is 0.368. The van der Waals surface area contributed by atoms with E-state index in [0.717, 1.165) is 22.3 Å². The molecule has 10 heteroatoms. The first-order chi connectivity index (χ1) is 13.7. The van der Waals surface area contributed by atoms with Gasteiger partial charge in [-0.3, -0.25) is 4.68 Å². The second-order valence-corrected chi connectivity index (χ2v) is 9.27. The van der Waals surface area contributed by atoms with Gasteiger partial charge in [0.05, 0.1) is 17.0 Å². The molecule has 3 rings (SSSR count). The number of carbonyl (C=O) groups is 1. The molecule has 1 amide bonds. The fourth-order valence-corrected chi connectivity index (χ4v) is 5.02. The Morgan fingerprint density at radius 1 is 1.31 bits per heavy atom. The SMILES string of the molecule is CCCN(C(=O)O)S(=O)(=O)CCc1c(C)nn(C)c1-n1ccc2ccc(Cl)cc21. The Morgan fingerprint density at radius 3 is 2.69 bits per heavy atom. The number of fused-ring (bicyclic) bond motifs is 1. The molecule has 0 aliphatic heterocycles. The van der Waals surface area contributed by atoms with Crippen LogP contribution >= 0.6 is 11.6 Å². The van der Waals surface area contributed by atoms with Gasteiger partial charge < -0.3 is 9.67 Å². The molecular formula is C19H23ClN4O4S. The zero-order valence-corrected chi connectivity index (χ0v) is 18.0. The highest BCUT2D eigenvalue weighted by atomic mass is 35.5. The van der Waals surface area contributed by atoms with Crippen LogP contribution in [0.3, 0.4) is 0 Å². The molecule has 3 aromatic rings. The van der Waals surface area contributed by atoms with Crippen LogP contribution in [0.15, 0.2) is 30.5 Å². The molecular weight excluding hydrogens is 416 g/mol. The van der Waals surface area contributed by atoms with Gasteiger partial charge in [0.2, 0.25) is 10.0 Å². The molecule has 0 radical (unpaired) electrons. The molecule has 0 aliphatic carbocycles. The molecule has 0 saturated carbocycles. The van der Waals surface area contributed by atoms with Crippen LogP contribution in [0.5, 0.6) is 0 Å². The predicted molar refractivity (Wildman–Crippen MR) is 112 cm³/mol. The molecule has 0 bridgehead atoms. The van der Waals surface area contributed by atoms with Crippen LogP contribution in [-0.2, 0) is 23.5 Å². The molecule has 0 aliphatic rings. The second kappa shape index (κ2) is 8.08. The van der Waals surface area contributed by atoms with Gasteiger partial charge in [-0.2, -0.15) is 5.10 Å². The van der Waals surface area contributed by atoms with Gasteiger partial charge in [0, 0.05) is 35.8 Å². The topological polar surface area (TPSA) is 97.4 Å². The maximum Gasteiger partial charge on any atom is 0.421 e. The second-order valence-electron chi connectivity index (χ2n) is 6.82. The van der Waals surface area contributed by atoms with Gasteiger partial charge >= 0.3 is 6.09 Å². The lowest BCUT2D eigenvalue weighted by atomic mass is 10.2. The Bertz CT molecular complexity index is 1170. The van der Waals surface area contributed by atoms with Crippen LogP contribution in [0.4, 0.5) is 4.79 Å². The number of benzene rings is 1. The van der Waals surface area contributed by atoms with Crippen molar-refractivity contribution in [3.63, 3.8) is 0 Å². The zero-order chi connectivity index (χ0) is 21.3. The van der Waals surface area contributed by atoms with Gasteiger partial charge in [-0.1, -0.05) is 24.6 Å². The Balaban J connectivity index is 2.00. The Labute approximate surface area is 174 Å². The molecule has 0 saturated heterocycles. The van der Waals surface area contributed by atoms with E-state index in [4.69, 9.17) is 11.6 Å². The summed E-state index contributed by atoms with van der Waals surface area (Å²) in [5.74, 6) is 0.408. The summed E-state index contributed by atoms with van der Waals surface area (Å²) in [6.45, 7) is 3.49. The van der Waals surface area contributed by atoms with Gasteiger partial charge in [-0.05, 0) is 38.0 Å². The van der Waals surface area contributed by atoms with Crippen LogP contribution in [0.25, 0.3) is 16.7 Å². The molecule has 156 valence electrons. The minimum atomic E-state index is -3.96. The molecule has 0 spiro atoms. The molecule has 2 heterocycles. The van der Waals surface area contributed by atoms with Crippen molar-refractivity contribution in [2.24, 2.45) is 7.05 Å². The van der Waals surface area contributed by atoms with E-state index in [1.54, 1.807) is 18.7 Å². The molecule has 0 unspecified atom stereocenters. The molecule has 0 atom stereocenters. The predicted octanol–water partition coefficient (Wildman–Crippen LogP) is 3.59. The standard InChI is InChI=1S/C19H23ClN4O4S/c1-4-9-24(19(25)26)29(27,28)11-8-16-13(2)21-22(3)18(16)23-10-7-14-5-6-15(20)12-17(14)23/h5-7,10,12H,4,8-9,11H2,1-3H3,(H,25,26). The smallest absolute Gasteiger partial charge is 0.421 e. The monoisotopic (exact) mass is 438 g/mol. The van der Waals surface area contributed by atoms with Crippen LogP contribution in [0.1, 0.15) is 24.6 Å². The summed E-state index contributed by atoms with van der Waals surface area (Å²) in [6.07, 6.45) is 0.987. The molecule has 2 aromatic heterocycles. The average molecular weight is 439 g/mol. The lowest BCUT2D eigenvalue weighted by Crippen LogP contribution is -2.38. The third kappa shape index (κ3) is 4.11. The number of nitrogens with zero attached hydrogens (tertiary/aromatic N) is 4. The quantitative estimate of drug-likeness (QED) is 0.607. The third-order valence-corrected chi connectivity index (χ3v) is 6.75. The van der Waals surface area contributed by atoms with Crippen molar-refractivity contribution in [3.05, 3.63) is 46.7 Å². The lowest BCUT2D eigenvalue weighted by molar-refractivity contribution is 0.172. The Morgan fingerprint density at radius 2 is 2.03 bits per heavy atom. The number of sulfonamides is 1. The lowest BCUT2D eigenvalue weighted by Gasteiger charge is -2.18. The van der Waals surface area contributed by atoms with Crippen LogP contribution in [-0.4, -0.2) is 50.6 Å². The fourth-order valence-electron chi connectivity index (χ4n) is 3.47. The first kappa shape index (κ1) is 21.2. The highest BCUT2D eigenvalue weighted by Gasteiger charge is 2.27. The van der Waals surface area contributed by atoms with Gasteiger partial charge in [-0.25, -0.2) is 17.5 Å². The van der Waals surface area contributed by atoms with E-state index in [-0.39, 0.29) is 18.7 Å². The molecule has 1 N–H and O–H groups in total. The Hall–Kier alpha value is -2.52. The van der Waals surface area contributed by atoms with E-state index < -0.39 is 16.1 Å². The van der Waals surface area contributed by atoms with Crippen molar-refractivity contribution >= 4 is 38.6 Å². The summed E-state index contributed by atoms with van der Waals surface area (Å²) in [5.41, 5.74) is 2.32. The number of halogens is 1. The summed E-state index contributed by atoms with van der Waals surface area (Å²) in [5, 5.41) is 15.3. The first-order valence-electron chi connectivity index (χ1n) is 9.18. The maximum absolute atomic E-state index is 12.6. The number of rotatable bonds is 7. The first-order valence-corrected chi connectivity index (χ1v) is 11.2. The van der Waals surface area contributed by atoms with Gasteiger partial charge in [0.1, 0.15) is 5.82 Å². The Kier molecular flexibility index (Phi) is 5.90. The molecule has 1 aromatic carbocycles. The van der Waals surface area contributed by atoms with Gasteiger partial charge in [-0.15, -0.1) is 0 Å². The summed E-state index contributed by atoms with van der Waals surface area (Å²) in [4.78, 5) is 11.4. The van der Waals surface area contributed by atoms with E-state index in [1.165, 1.54) is 0 Å². The van der Waals surface area contributed by atoms with E-state index in [2.05, 4.69) is 5.10 Å². The normalized spacial score (nSPS) is 11.9. The molecule has 0 fully saturated rings. The average Bonchev–Trinajstić information content (AvgIpc) is 3.16. The number of hydrogen-bond acceptors (Lipinski definition) is 4. The minimum absolute atomic E-state index is 0.0583. The highest BCUT2D eigenvalue weighted by Crippen LogP contribution is 2.27. The van der Waals surface area contributed by atoms with Crippen molar-refractivity contribution in [1.29, 1.82) is 0 Å². The van der Waals surface area contributed by atoms with E-state index in [0.29, 0.717) is 21.4 Å². The van der Waals surface area contributed by atoms with E-state index in [1.807, 2.05) is 42.0 Å². The van der Waals surface area contributed by atoms with Gasteiger partial charge in [0.25, 0.3) is 0 Å².